The van der Waals surface area contributed by atoms with Gasteiger partial charge in [0, 0.05) is 31.0 Å². The number of rotatable bonds is 4. The van der Waals surface area contributed by atoms with Gasteiger partial charge in [0.05, 0.1) is 0 Å². The normalized spacial score (nSPS) is 18.1. The lowest BCUT2D eigenvalue weighted by molar-refractivity contribution is -0.0496. The molecular formula is C13H19F3N4O2S. The largest absolute Gasteiger partial charge is 0.511 e. The highest BCUT2D eigenvalue weighted by molar-refractivity contribution is 7.90. The number of anilines is 1. The van der Waals surface area contributed by atoms with Gasteiger partial charge in [-0.1, -0.05) is 0 Å². The fraction of sp³-hybridized carbons (Fsp3) is 0.692. The van der Waals surface area contributed by atoms with Crippen LogP contribution < -0.4 is 5.32 Å². The summed E-state index contributed by atoms with van der Waals surface area (Å²) in [6.45, 7) is 3.95. The third kappa shape index (κ3) is 4.31. The molecule has 0 spiro atoms. The third-order valence-electron chi connectivity index (χ3n) is 3.74. The smallest absolute Gasteiger partial charge is 0.354 e. The highest BCUT2D eigenvalue weighted by Crippen LogP contribution is 2.30. The van der Waals surface area contributed by atoms with Crippen LogP contribution in [0, 0.1) is 19.8 Å². The average molecular weight is 352 g/mol. The van der Waals surface area contributed by atoms with E-state index in [1.165, 1.54) is 0 Å². The molecule has 0 saturated carbocycles. The molecule has 10 heteroatoms. The summed E-state index contributed by atoms with van der Waals surface area (Å²) in [7, 11) is -5.21. The monoisotopic (exact) mass is 352 g/mol. The van der Waals surface area contributed by atoms with Crippen LogP contribution in [0.15, 0.2) is 6.07 Å². The Morgan fingerprint density at radius 2 is 1.74 bits per heavy atom. The molecule has 1 fully saturated rings. The summed E-state index contributed by atoms with van der Waals surface area (Å²) in [6, 6.07) is 1.84. The fourth-order valence-electron chi connectivity index (χ4n) is 2.54. The minimum Gasteiger partial charge on any atom is -0.354 e. The number of nitrogens with zero attached hydrogens (tertiary/aromatic N) is 3. The molecule has 0 atom stereocenters. The molecule has 1 aliphatic heterocycles. The van der Waals surface area contributed by atoms with Crippen molar-refractivity contribution in [3.05, 3.63) is 17.5 Å². The topological polar surface area (TPSA) is 75.2 Å². The zero-order chi connectivity index (χ0) is 17.3. The Hall–Kier alpha value is -1.42. The van der Waals surface area contributed by atoms with Crippen LogP contribution in [0.3, 0.4) is 0 Å². The van der Waals surface area contributed by atoms with Crippen LogP contribution in [0.2, 0.25) is 0 Å². The third-order valence-corrected chi connectivity index (χ3v) is 5.37. The summed E-state index contributed by atoms with van der Waals surface area (Å²) in [4.78, 5) is 8.46. The van der Waals surface area contributed by atoms with E-state index in [1.54, 1.807) is 0 Å². The predicted octanol–water partition coefficient (Wildman–Crippen LogP) is 2.07. The number of aromatic nitrogens is 2. The maximum absolute atomic E-state index is 12.5. The van der Waals surface area contributed by atoms with Crippen molar-refractivity contribution in [1.29, 1.82) is 0 Å². The Morgan fingerprint density at radius 3 is 2.22 bits per heavy atom. The maximum Gasteiger partial charge on any atom is 0.511 e. The van der Waals surface area contributed by atoms with E-state index in [2.05, 4.69) is 15.3 Å². The molecule has 0 aromatic carbocycles. The van der Waals surface area contributed by atoms with Gasteiger partial charge in [0.15, 0.2) is 0 Å². The molecule has 1 saturated heterocycles. The molecule has 1 N–H and O–H groups in total. The van der Waals surface area contributed by atoms with E-state index < -0.39 is 15.5 Å². The molecule has 1 aromatic heterocycles. The van der Waals surface area contributed by atoms with Crippen molar-refractivity contribution in [2.75, 3.05) is 25.0 Å². The molecule has 0 bridgehead atoms. The highest BCUT2D eigenvalue weighted by atomic mass is 32.2. The molecule has 2 rings (SSSR count). The molecule has 130 valence electrons. The lowest BCUT2D eigenvalue weighted by atomic mass is 9.98. The maximum atomic E-state index is 12.5. The second kappa shape index (κ2) is 6.60. The zero-order valence-electron chi connectivity index (χ0n) is 12.9. The molecular weight excluding hydrogens is 333 g/mol. The van der Waals surface area contributed by atoms with Crippen molar-refractivity contribution >= 4 is 16.0 Å². The van der Waals surface area contributed by atoms with E-state index in [-0.39, 0.29) is 19.0 Å². The molecule has 23 heavy (non-hydrogen) atoms. The lowest BCUT2D eigenvalue weighted by Crippen LogP contribution is -2.45. The van der Waals surface area contributed by atoms with Crippen LogP contribution in [-0.4, -0.2) is 47.8 Å². The summed E-state index contributed by atoms with van der Waals surface area (Å²) in [6.07, 6.45) is 0.736. The number of hydrogen-bond donors (Lipinski definition) is 1. The first-order valence-corrected chi connectivity index (χ1v) is 8.66. The molecule has 0 radical (unpaired) electrons. The Morgan fingerprint density at radius 1 is 1.22 bits per heavy atom. The first-order valence-electron chi connectivity index (χ1n) is 7.22. The number of aryl methyl sites for hydroxylation is 2. The van der Waals surface area contributed by atoms with E-state index in [0.29, 0.717) is 29.6 Å². The van der Waals surface area contributed by atoms with Crippen LogP contribution in [0.1, 0.15) is 24.2 Å². The van der Waals surface area contributed by atoms with Crippen molar-refractivity contribution < 1.29 is 21.6 Å². The van der Waals surface area contributed by atoms with Crippen LogP contribution in [-0.2, 0) is 10.0 Å². The van der Waals surface area contributed by atoms with Gasteiger partial charge < -0.3 is 5.32 Å². The first-order chi connectivity index (χ1) is 10.6. The molecule has 1 aliphatic rings. The van der Waals surface area contributed by atoms with Gasteiger partial charge in [-0.2, -0.15) is 17.5 Å². The van der Waals surface area contributed by atoms with Gasteiger partial charge in [0.1, 0.15) is 0 Å². The number of hydrogen-bond acceptors (Lipinski definition) is 5. The van der Waals surface area contributed by atoms with Crippen molar-refractivity contribution in [1.82, 2.24) is 14.3 Å². The van der Waals surface area contributed by atoms with Gasteiger partial charge in [0.2, 0.25) is 5.95 Å². The first kappa shape index (κ1) is 17.9. The SMILES string of the molecule is Cc1cc(C)nc(NCC2CCN(S(=O)(=O)C(F)(F)F)CC2)n1. The Labute approximate surface area is 133 Å². The number of alkyl halides is 3. The van der Waals surface area contributed by atoms with Crippen molar-refractivity contribution in [2.24, 2.45) is 5.92 Å². The number of nitrogens with one attached hydrogen (secondary N) is 1. The second-order valence-corrected chi connectivity index (χ2v) is 7.58. The van der Waals surface area contributed by atoms with E-state index in [9.17, 15) is 21.6 Å². The Kier molecular flexibility index (Phi) is 5.14. The fourth-order valence-corrected chi connectivity index (χ4v) is 3.53. The summed E-state index contributed by atoms with van der Waals surface area (Å²) in [5.41, 5.74) is -3.58. The van der Waals surface area contributed by atoms with Gasteiger partial charge in [-0.05, 0) is 38.7 Å². The molecule has 0 unspecified atom stereocenters. The van der Waals surface area contributed by atoms with Gasteiger partial charge in [-0.15, -0.1) is 0 Å². The van der Waals surface area contributed by atoms with E-state index >= 15 is 0 Å². The van der Waals surface area contributed by atoms with Crippen LogP contribution in [0.25, 0.3) is 0 Å². The Bertz CT molecular complexity index is 635. The zero-order valence-corrected chi connectivity index (χ0v) is 13.7. The molecule has 1 aromatic rings. The van der Waals surface area contributed by atoms with Crippen molar-refractivity contribution in [2.45, 2.75) is 32.2 Å². The predicted molar refractivity (Wildman–Crippen MR) is 79.3 cm³/mol. The van der Waals surface area contributed by atoms with Gasteiger partial charge in [-0.25, -0.2) is 18.4 Å². The molecule has 6 nitrogen and oxygen atoms in total. The van der Waals surface area contributed by atoms with Gasteiger partial charge >= 0.3 is 15.5 Å². The van der Waals surface area contributed by atoms with E-state index in [4.69, 9.17) is 0 Å². The molecule has 0 aliphatic carbocycles. The van der Waals surface area contributed by atoms with Gasteiger partial charge in [0.25, 0.3) is 0 Å². The minimum atomic E-state index is -5.23. The average Bonchev–Trinajstić information content (AvgIpc) is 2.43. The van der Waals surface area contributed by atoms with Crippen LogP contribution in [0.5, 0.6) is 0 Å². The van der Waals surface area contributed by atoms with E-state index in [0.717, 1.165) is 11.4 Å². The summed E-state index contributed by atoms with van der Waals surface area (Å²) < 4.78 is 60.7. The minimum absolute atomic E-state index is 0.0825. The second-order valence-electron chi connectivity index (χ2n) is 5.65. The van der Waals surface area contributed by atoms with E-state index in [1.807, 2.05) is 19.9 Å². The summed E-state index contributed by atoms with van der Waals surface area (Å²) in [5.74, 6) is 0.562. The molecule has 2 heterocycles. The lowest BCUT2D eigenvalue weighted by Gasteiger charge is -2.31. The summed E-state index contributed by atoms with van der Waals surface area (Å²) >= 11 is 0. The van der Waals surface area contributed by atoms with Crippen LogP contribution >= 0.6 is 0 Å². The van der Waals surface area contributed by atoms with Crippen LogP contribution in [0.4, 0.5) is 19.1 Å². The van der Waals surface area contributed by atoms with Crippen molar-refractivity contribution in [3.8, 4) is 0 Å². The highest BCUT2D eigenvalue weighted by Gasteiger charge is 2.50. The summed E-state index contributed by atoms with van der Waals surface area (Å²) in [5, 5.41) is 3.07. The standard InChI is InChI=1S/C13H19F3N4O2S/c1-9-7-10(2)19-12(18-9)17-8-11-3-5-20(6-4-11)23(21,22)13(14,15)16/h7,11H,3-6,8H2,1-2H3,(H,17,18,19). The van der Waals surface area contributed by atoms with Crippen molar-refractivity contribution in [3.63, 3.8) is 0 Å². The quantitative estimate of drug-likeness (QED) is 0.898. The number of sulfonamides is 1. The number of halogens is 3. The Balaban J connectivity index is 1.88. The molecule has 0 amide bonds. The number of piperidine rings is 1. The van der Waals surface area contributed by atoms with Gasteiger partial charge in [-0.3, -0.25) is 0 Å².